The van der Waals surface area contributed by atoms with Crippen LogP contribution in [0.5, 0.6) is 0 Å². The molecule has 4 heteroatoms. The molecule has 0 saturated carbocycles. The first-order valence-electron chi connectivity index (χ1n) is 26.7. The molecule has 0 unspecified atom stereocenters. The summed E-state index contributed by atoms with van der Waals surface area (Å²) in [4.78, 5) is 0. The van der Waals surface area contributed by atoms with Crippen LogP contribution in [0.4, 0.5) is 0 Å². The molecule has 2 radical (unpaired) electrons. The van der Waals surface area contributed by atoms with E-state index in [4.69, 9.17) is 17.0 Å². The molecule has 8 aromatic carbocycles. The zero-order valence-corrected chi connectivity index (χ0v) is 51.5. The van der Waals surface area contributed by atoms with E-state index >= 15 is 0 Å². The van der Waals surface area contributed by atoms with Gasteiger partial charge < -0.3 is 0 Å². The van der Waals surface area contributed by atoms with Gasteiger partial charge in [-0.15, -0.1) is 74.6 Å². The van der Waals surface area contributed by atoms with E-state index < -0.39 is 20.8 Å². The van der Waals surface area contributed by atoms with Crippen molar-refractivity contribution >= 4 is 58.5 Å². The molecule has 0 aromatic heterocycles. The van der Waals surface area contributed by atoms with Crippen LogP contribution in [0.2, 0.25) is 0 Å². The van der Waals surface area contributed by atoms with Gasteiger partial charge in [-0.25, -0.2) is 0 Å². The van der Waals surface area contributed by atoms with Crippen LogP contribution in [-0.4, -0.2) is 9.52 Å². The molecule has 8 aromatic rings. The van der Waals surface area contributed by atoms with Crippen molar-refractivity contribution in [2.75, 3.05) is 0 Å². The third kappa shape index (κ3) is 13.9. The fraction of sp³-hybridized carbons (Fsp3) is 0.382. The van der Waals surface area contributed by atoms with Gasteiger partial charge in [-0.05, 0) is 80.7 Å². The summed E-state index contributed by atoms with van der Waals surface area (Å²) in [6, 6.07) is 51.8. The Bertz CT molecular complexity index is 2790. The second kappa shape index (κ2) is 25.2. The van der Waals surface area contributed by atoms with Crippen molar-refractivity contribution in [3.05, 3.63) is 178 Å². The first kappa shape index (κ1) is 57.5. The number of halogens is 2. The number of hydrogen-bond donors (Lipinski definition) is 0. The van der Waals surface area contributed by atoms with Gasteiger partial charge in [-0.1, -0.05) is 217 Å². The van der Waals surface area contributed by atoms with Gasteiger partial charge in [0.15, 0.2) is 0 Å². The maximum atomic E-state index is 4.93. The van der Waals surface area contributed by atoms with Gasteiger partial charge in [-0.3, -0.25) is 0 Å². The summed E-state index contributed by atoms with van der Waals surface area (Å²) in [7, 11) is 10.7. The van der Waals surface area contributed by atoms with E-state index in [0.29, 0.717) is 23.7 Å². The Morgan fingerprint density at radius 3 is 1.28 bits per heavy atom. The smallest absolute Gasteiger partial charge is 0.0920 e. The molecule has 0 N–H and O–H groups in total. The molecule has 72 heavy (non-hydrogen) atoms. The second-order valence-corrected chi connectivity index (χ2v) is 28.3. The minimum atomic E-state index is -0.826. The van der Waals surface area contributed by atoms with E-state index in [9.17, 15) is 0 Å². The normalized spacial score (nSPS) is 12.1. The monoisotopic (exact) mass is 1090 g/mol. The van der Waals surface area contributed by atoms with Crippen LogP contribution in [0.1, 0.15) is 192 Å². The largest absolute Gasteiger partial charge is 0.184 e. The van der Waals surface area contributed by atoms with Gasteiger partial charge >= 0.3 is 37.9 Å². The summed E-state index contributed by atoms with van der Waals surface area (Å²) in [5, 5.41) is 8.42. The predicted octanol–water partition coefficient (Wildman–Crippen LogP) is 19.9. The van der Waals surface area contributed by atoms with Gasteiger partial charge in [0, 0.05) is 0 Å². The van der Waals surface area contributed by atoms with Crippen molar-refractivity contribution in [3.63, 3.8) is 0 Å². The topological polar surface area (TPSA) is 0 Å². The molecule has 0 saturated heterocycles. The maximum absolute atomic E-state index is 4.93. The van der Waals surface area contributed by atoms with E-state index in [2.05, 4.69) is 238 Å². The van der Waals surface area contributed by atoms with E-state index in [1.165, 1.54) is 123 Å². The standard InChI is InChI=1S/2C28H37.C12H7Si.2ClH.Zr/c2*1-9-10-20-11-12-21-16-25(28(6,7)8)17-26(21)27(20)24-14-22(18(2)3)13-23(15-24)19(4)5;1-3-7-11-9(5-1)10-6-2-4-8-12(10)13-11;;;/h2*11-19H,9-10H2,1-8H3;1-7H;2*1H;/q3*-1;;;+2/p-2. The quantitative estimate of drug-likeness (QED) is 0.0946. The molecule has 0 amide bonds. The Kier molecular flexibility index (Phi) is 20.1. The second-order valence-electron chi connectivity index (χ2n) is 23.3. The molecule has 9 rings (SSSR count). The number of hydrogen-bond acceptors (Lipinski definition) is 0. The fourth-order valence-electron chi connectivity index (χ4n) is 9.86. The first-order valence-corrected chi connectivity index (χ1v) is 34.0. The van der Waals surface area contributed by atoms with E-state index in [0.717, 1.165) is 22.4 Å². The van der Waals surface area contributed by atoms with Crippen LogP contribution < -0.4 is 10.4 Å². The van der Waals surface area contributed by atoms with E-state index in [1.54, 1.807) is 0 Å². The first-order chi connectivity index (χ1) is 34.1. The van der Waals surface area contributed by atoms with Crippen molar-refractivity contribution < 1.29 is 20.8 Å². The molecule has 0 bridgehead atoms. The number of fused-ring (bicyclic) bond motifs is 5. The Labute approximate surface area is 458 Å². The molecule has 0 fully saturated rings. The summed E-state index contributed by atoms with van der Waals surface area (Å²) < 4.78 is 0. The van der Waals surface area contributed by atoms with Crippen LogP contribution in [0, 0.1) is 6.07 Å². The Hall–Kier alpha value is -3.78. The minimum Gasteiger partial charge on any atom is -0.184 e. The summed E-state index contributed by atoms with van der Waals surface area (Å²) in [5.41, 5.74) is 20.4. The summed E-state index contributed by atoms with van der Waals surface area (Å²) >= 11 is -0.826. The van der Waals surface area contributed by atoms with Crippen LogP contribution in [-0.2, 0) is 44.5 Å². The molecule has 1 heterocycles. The van der Waals surface area contributed by atoms with Gasteiger partial charge in [0.05, 0.1) is 9.52 Å². The molecule has 378 valence electrons. The average molecular weight is 1090 g/mol. The maximum Gasteiger partial charge on any atom is 0.0920 e. The Balaban J connectivity index is 0.000000181. The summed E-state index contributed by atoms with van der Waals surface area (Å²) in [5.74, 6) is 2.15. The molecular formula is C68H81Cl2SiZr-3. The average Bonchev–Trinajstić information content (AvgIpc) is 4.08. The number of rotatable bonds is 10. The Morgan fingerprint density at radius 1 is 0.514 bits per heavy atom. The Morgan fingerprint density at radius 2 is 0.903 bits per heavy atom. The molecule has 0 spiro atoms. The van der Waals surface area contributed by atoms with Crippen LogP contribution >= 0.6 is 17.0 Å². The van der Waals surface area contributed by atoms with Gasteiger partial charge in [0.1, 0.15) is 0 Å². The minimum absolute atomic E-state index is 0.171. The SMILES string of the molecule is CCCc1ccc2[cH-]c(C(C)(C)C)cc2c1-c1cc(C(C)C)cc(C(C)C)c1.CCCc1ccc2[cH-]c(C(C)(C)C)cc2c1-c1cc(C(C)C)cc(C(C)C)c1.[Cl][Zr][Cl].[c-]1cccc2c1[Si]c1ccccc1-2. The van der Waals surface area contributed by atoms with E-state index in [1.807, 2.05) is 6.07 Å². The van der Waals surface area contributed by atoms with E-state index in [-0.39, 0.29) is 10.8 Å². The van der Waals surface area contributed by atoms with Crippen molar-refractivity contribution in [1.29, 1.82) is 0 Å². The fourth-order valence-corrected chi connectivity index (χ4v) is 11.2. The summed E-state index contributed by atoms with van der Waals surface area (Å²) in [6.45, 7) is 36.8. The number of benzene rings is 6. The third-order valence-corrected chi connectivity index (χ3v) is 15.6. The zero-order valence-electron chi connectivity index (χ0n) is 46.5. The molecule has 0 atom stereocenters. The number of aryl methyl sites for hydroxylation is 2. The zero-order chi connectivity index (χ0) is 52.7. The third-order valence-electron chi connectivity index (χ3n) is 14.3. The van der Waals surface area contributed by atoms with Crippen molar-refractivity contribution in [2.24, 2.45) is 0 Å². The molecule has 0 nitrogen and oxygen atoms in total. The van der Waals surface area contributed by atoms with Crippen LogP contribution in [0.3, 0.4) is 0 Å². The molecular weight excluding hydrogens is 1010 g/mol. The van der Waals surface area contributed by atoms with Crippen molar-refractivity contribution in [2.45, 2.75) is 171 Å². The van der Waals surface area contributed by atoms with Gasteiger partial charge in [0.25, 0.3) is 0 Å². The molecule has 1 aliphatic rings. The molecule has 1 aliphatic heterocycles. The summed E-state index contributed by atoms with van der Waals surface area (Å²) in [6.07, 6.45) is 4.60. The van der Waals surface area contributed by atoms with Crippen LogP contribution in [0.15, 0.2) is 127 Å². The van der Waals surface area contributed by atoms with Gasteiger partial charge in [-0.2, -0.15) is 41.6 Å². The predicted molar refractivity (Wildman–Crippen MR) is 319 cm³/mol. The van der Waals surface area contributed by atoms with Crippen molar-refractivity contribution in [3.8, 4) is 33.4 Å². The molecule has 0 aliphatic carbocycles. The van der Waals surface area contributed by atoms with Gasteiger partial charge in [0.2, 0.25) is 0 Å². The van der Waals surface area contributed by atoms with Crippen LogP contribution in [0.25, 0.3) is 54.9 Å². The van der Waals surface area contributed by atoms with Crippen molar-refractivity contribution in [1.82, 2.24) is 0 Å².